The van der Waals surface area contributed by atoms with Crippen molar-refractivity contribution in [2.75, 3.05) is 6.54 Å². The standard InChI is InChI=1S/C21H18BrNO3/c1-3-12-23-18(14-8-10-16(22)11-9-14)17(20(25)21(23)26)19(24)15-6-4-13(2)5-7-15/h3-11,18,24H,1,12H2,2H3/b19-17+/t18-/m0/s1. The fraction of sp³-hybridized carbons (Fsp3) is 0.143. The van der Waals surface area contributed by atoms with Crippen molar-refractivity contribution in [2.24, 2.45) is 0 Å². The number of ketones is 1. The van der Waals surface area contributed by atoms with Crippen LogP contribution < -0.4 is 0 Å². The van der Waals surface area contributed by atoms with Gasteiger partial charge in [-0.05, 0) is 24.6 Å². The minimum absolute atomic E-state index is 0.100. The van der Waals surface area contributed by atoms with Gasteiger partial charge in [-0.2, -0.15) is 0 Å². The number of Topliss-reactive ketones (excluding diaryl/α,β-unsaturated/α-hetero) is 1. The first-order chi connectivity index (χ1) is 12.4. The maximum atomic E-state index is 12.7. The highest BCUT2D eigenvalue weighted by atomic mass is 79.9. The minimum atomic E-state index is -0.683. The first-order valence-electron chi connectivity index (χ1n) is 8.16. The number of benzene rings is 2. The number of rotatable bonds is 4. The van der Waals surface area contributed by atoms with Gasteiger partial charge in [-0.3, -0.25) is 9.59 Å². The second-order valence-corrected chi connectivity index (χ2v) is 7.07. The lowest BCUT2D eigenvalue weighted by atomic mass is 9.95. The number of hydrogen-bond donors (Lipinski definition) is 1. The number of amides is 1. The summed E-state index contributed by atoms with van der Waals surface area (Å²) in [5.74, 6) is -1.48. The van der Waals surface area contributed by atoms with E-state index < -0.39 is 17.7 Å². The number of halogens is 1. The van der Waals surface area contributed by atoms with E-state index in [4.69, 9.17) is 0 Å². The van der Waals surface area contributed by atoms with Crippen LogP contribution in [0.5, 0.6) is 0 Å². The molecule has 3 rings (SSSR count). The lowest BCUT2D eigenvalue weighted by molar-refractivity contribution is -0.139. The fourth-order valence-corrected chi connectivity index (χ4v) is 3.33. The van der Waals surface area contributed by atoms with E-state index in [1.807, 2.05) is 43.3 Å². The highest BCUT2D eigenvalue weighted by molar-refractivity contribution is 9.10. The molecule has 1 aliphatic heterocycles. The molecule has 1 fully saturated rings. The molecule has 0 saturated carbocycles. The van der Waals surface area contributed by atoms with Crippen LogP contribution in [-0.4, -0.2) is 28.2 Å². The van der Waals surface area contributed by atoms with E-state index >= 15 is 0 Å². The first-order valence-corrected chi connectivity index (χ1v) is 8.95. The second kappa shape index (κ2) is 7.30. The maximum Gasteiger partial charge on any atom is 0.295 e. The summed E-state index contributed by atoms with van der Waals surface area (Å²) in [6.07, 6.45) is 1.57. The van der Waals surface area contributed by atoms with E-state index in [1.165, 1.54) is 4.90 Å². The van der Waals surface area contributed by atoms with Crippen LogP contribution in [0.4, 0.5) is 0 Å². The number of likely N-dealkylation sites (tertiary alicyclic amines) is 1. The van der Waals surface area contributed by atoms with Crippen molar-refractivity contribution < 1.29 is 14.7 Å². The average molecular weight is 412 g/mol. The van der Waals surface area contributed by atoms with E-state index in [2.05, 4.69) is 22.5 Å². The normalized spacial score (nSPS) is 19.0. The summed E-state index contributed by atoms with van der Waals surface area (Å²) < 4.78 is 0.889. The van der Waals surface area contributed by atoms with Crippen molar-refractivity contribution in [3.8, 4) is 0 Å². The molecule has 0 bridgehead atoms. The Bertz CT molecular complexity index is 898. The van der Waals surface area contributed by atoms with Gasteiger partial charge >= 0.3 is 0 Å². The lowest BCUT2D eigenvalue weighted by Crippen LogP contribution is -2.29. The molecule has 0 aliphatic carbocycles. The molecule has 1 heterocycles. The SMILES string of the molecule is C=CCN1C(=O)C(=O)/C(=C(/O)c2ccc(C)cc2)[C@@H]1c1ccc(Br)cc1. The topological polar surface area (TPSA) is 57.6 Å². The molecule has 2 aromatic carbocycles. The average Bonchev–Trinajstić information content (AvgIpc) is 2.88. The summed E-state index contributed by atoms with van der Waals surface area (Å²) in [5.41, 5.74) is 2.40. The van der Waals surface area contributed by atoms with Crippen LogP contribution in [0.3, 0.4) is 0 Å². The number of aliphatic hydroxyl groups excluding tert-OH is 1. The van der Waals surface area contributed by atoms with Crippen molar-refractivity contribution in [2.45, 2.75) is 13.0 Å². The number of nitrogens with zero attached hydrogens (tertiary/aromatic N) is 1. The van der Waals surface area contributed by atoms with Crippen LogP contribution >= 0.6 is 15.9 Å². The summed E-state index contributed by atoms with van der Waals surface area (Å²) in [6, 6.07) is 13.9. The van der Waals surface area contributed by atoms with E-state index in [1.54, 1.807) is 18.2 Å². The summed E-state index contributed by atoms with van der Waals surface area (Å²) in [4.78, 5) is 26.6. The van der Waals surface area contributed by atoms with Gasteiger partial charge in [-0.1, -0.05) is 64.0 Å². The molecule has 2 aromatic rings. The largest absolute Gasteiger partial charge is 0.507 e. The predicted molar refractivity (Wildman–Crippen MR) is 105 cm³/mol. The lowest BCUT2D eigenvalue weighted by Gasteiger charge is -2.24. The van der Waals surface area contributed by atoms with Crippen LogP contribution in [0.2, 0.25) is 0 Å². The Labute approximate surface area is 160 Å². The fourth-order valence-electron chi connectivity index (χ4n) is 3.07. The monoisotopic (exact) mass is 411 g/mol. The maximum absolute atomic E-state index is 12.7. The zero-order valence-corrected chi connectivity index (χ0v) is 15.9. The van der Waals surface area contributed by atoms with Crippen LogP contribution in [0.25, 0.3) is 5.76 Å². The molecular formula is C21H18BrNO3. The Morgan fingerprint density at radius 1 is 1.15 bits per heavy atom. The third kappa shape index (κ3) is 3.22. The summed E-state index contributed by atoms with van der Waals surface area (Å²) in [6.45, 7) is 5.83. The number of carbonyl (C=O) groups excluding carboxylic acids is 2. The van der Waals surface area contributed by atoms with Crippen LogP contribution in [0.15, 0.2) is 71.2 Å². The quantitative estimate of drug-likeness (QED) is 0.351. The van der Waals surface area contributed by atoms with Crippen LogP contribution in [-0.2, 0) is 9.59 Å². The highest BCUT2D eigenvalue weighted by Crippen LogP contribution is 2.39. The smallest absolute Gasteiger partial charge is 0.295 e. The molecule has 1 N–H and O–H groups in total. The number of aryl methyl sites for hydroxylation is 1. The first kappa shape index (κ1) is 18.1. The number of hydrogen-bond acceptors (Lipinski definition) is 3. The third-order valence-corrected chi connectivity index (χ3v) is 4.91. The zero-order chi connectivity index (χ0) is 18.8. The van der Waals surface area contributed by atoms with Crippen molar-refractivity contribution >= 4 is 33.4 Å². The molecule has 0 radical (unpaired) electrons. The molecule has 0 aromatic heterocycles. The molecule has 0 spiro atoms. The number of aliphatic hydroxyl groups is 1. The Hall–Kier alpha value is -2.66. The van der Waals surface area contributed by atoms with Gasteiger partial charge < -0.3 is 10.0 Å². The Morgan fingerprint density at radius 2 is 1.77 bits per heavy atom. The summed E-state index contributed by atoms with van der Waals surface area (Å²) in [7, 11) is 0. The van der Waals surface area contributed by atoms with Crippen molar-refractivity contribution in [1.82, 2.24) is 4.90 Å². The van der Waals surface area contributed by atoms with Gasteiger partial charge in [0.15, 0.2) is 0 Å². The molecule has 5 heteroatoms. The summed E-state index contributed by atoms with van der Waals surface area (Å²) >= 11 is 3.39. The Balaban J connectivity index is 2.18. The Kier molecular flexibility index (Phi) is 5.09. The highest BCUT2D eigenvalue weighted by Gasteiger charge is 2.45. The van der Waals surface area contributed by atoms with E-state index in [-0.39, 0.29) is 17.9 Å². The van der Waals surface area contributed by atoms with E-state index in [9.17, 15) is 14.7 Å². The van der Waals surface area contributed by atoms with E-state index in [0.29, 0.717) is 5.56 Å². The number of carbonyl (C=O) groups is 2. The second-order valence-electron chi connectivity index (χ2n) is 6.16. The van der Waals surface area contributed by atoms with Gasteiger partial charge in [0.05, 0.1) is 11.6 Å². The molecule has 1 amide bonds. The van der Waals surface area contributed by atoms with Crippen LogP contribution in [0, 0.1) is 6.92 Å². The van der Waals surface area contributed by atoms with Gasteiger partial charge in [0.2, 0.25) is 0 Å². The van der Waals surface area contributed by atoms with Gasteiger partial charge in [-0.15, -0.1) is 6.58 Å². The molecule has 0 unspecified atom stereocenters. The molecule has 26 heavy (non-hydrogen) atoms. The molecule has 1 atom stereocenters. The van der Waals surface area contributed by atoms with Crippen molar-refractivity contribution in [1.29, 1.82) is 0 Å². The van der Waals surface area contributed by atoms with Crippen LogP contribution in [0.1, 0.15) is 22.7 Å². The third-order valence-electron chi connectivity index (χ3n) is 4.38. The Morgan fingerprint density at radius 3 is 2.35 bits per heavy atom. The minimum Gasteiger partial charge on any atom is -0.507 e. The molecular weight excluding hydrogens is 394 g/mol. The molecule has 132 valence electrons. The van der Waals surface area contributed by atoms with Crippen molar-refractivity contribution in [3.63, 3.8) is 0 Å². The van der Waals surface area contributed by atoms with E-state index in [0.717, 1.165) is 15.6 Å². The molecule has 1 aliphatic rings. The zero-order valence-electron chi connectivity index (χ0n) is 14.3. The van der Waals surface area contributed by atoms with Gasteiger partial charge in [0, 0.05) is 16.6 Å². The molecule has 1 saturated heterocycles. The van der Waals surface area contributed by atoms with Gasteiger partial charge in [-0.25, -0.2) is 0 Å². The van der Waals surface area contributed by atoms with Gasteiger partial charge in [0.1, 0.15) is 5.76 Å². The molecule has 4 nitrogen and oxygen atoms in total. The predicted octanol–water partition coefficient (Wildman–Crippen LogP) is 4.37. The summed E-state index contributed by atoms with van der Waals surface area (Å²) in [5, 5.41) is 10.8. The van der Waals surface area contributed by atoms with Gasteiger partial charge in [0.25, 0.3) is 11.7 Å². The van der Waals surface area contributed by atoms with Crippen molar-refractivity contribution in [3.05, 3.63) is 87.9 Å².